The van der Waals surface area contributed by atoms with Gasteiger partial charge in [-0.15, -0.1) is 11.3 Å². The highest BCUT2D eigenvalue weighted by Gasteiger charge is 2.17. The van der Waals surface area contributed by atoms with Gasteiger partial charge in [-0.2, -0.15) is 5.10 Å². The predicted octanol–water partition coefficient (Wildman–Crippen LogP) is 3.54. The number of hydrazone groups is 1. The number of anilines is 1. The summed E-state index contributed by atoms with van der Waals surface area (Å²) in [5.41, 5.74) is 4.74. The van der Waals surface area contributed by atoms with Gasteiger partial charge in [-0.3, -0.25) is 15.5 Å². The van der Waals surface area contributed by atoms with Crippen LogP contribution in [-0.2, 0) is 0 Å². The van der Waals surface area contributed by atoms with E-state index in [2.05, 4.69) is 15.5 Å². The molecule has 2 aromatic carbocycles. The van der Waals surface area contributed by atoms with E-state index in [9.17, 15) is 15.2 Å². The smallest absolute Gasteiger partial charge is 0.278 e. The van der Waals surface area contributed by atoms with Crippen molar-refractivity contribution in [3.05, 3.63) is 69.6 Å². The Labute approximate surface area is 158 Å². The molecule has 0 aliphatic carbocycles. The second kappa shape index (κ2) is 8.39. The second-order valence-electron chi connectivity index (χ2n) is 5.34. The number of nitro groups is 1. The molecular formula is C18H16N4O4S. The van der Waals surface area contributed by atoms with Gasteiger partial charge in [0, 0.05) is 17.0 Å². The highest BCUT2D eigenvalue weighted by Crippen LogP contribution is 2.31. The quantitative estimate of drug-likeness (QED) is 0.366. The lowest BCUT2D eigenvalue weighted by Gasteiger charge is -2.09. The third-order valence-corrected chi connectivity index (χ3v) is 4.48. The molecule has 0 amide bonds. The van der Waals surface area contributed by atoms with Gasteiger partial charge in [-0.25, -0.2) is 4.98 Å². The van der Waals surface area contributed by atoms with Crippen LogP contribution in [0.4, 0.5) is 10.8 Å². The van der Waals surface area contributed by atoms with Gasteiger partial charge in [0.15, 0.2) is 0 Å². The van der Waals surface area contributed by atoms with E-state index < -0.39 is 4.92 Å². The lowest BCUT2D eigenvalue weighted by atomic mass is 10.1. The molecule has 8 nitrogen and oxygen atoms in total. The normalized spacial score (nSPS) is 11.3. The van der Waals surface area contributed by atoms with E-state index >= 15 is 0 Å². The first-order valence-electron chi connectivity index (χ1n) is 7.90. The van der Waals surface area contributed by atoms with Crippen LogP contribution in [-0.4, -0.2) is 34.4 Å². The van der Waals surface area contributed by atoms with Crippen molar-refractivity contribution in [2.75, 3.05) is 19.1 Å². The summed E-state index contributed by atoms with van der Waals surface area (Å²) in [5.74, 6) is 0.590. The highest BCUT2D eigenvalue weighted by atomic mass is 32.1. The number of methoxy groups -OCH3 is 1. The van der Waals surface area contributed by atoms with E-state index in [4.69, 9.17) is 4.74 Å². The van der Waals surface area contributed by atoms with Crippen LogP contribution >= 0.6 is 11.3 Å². The Bertz CT molecular complexity index is 987. The van der Waals surface area contributed by atoms with Crippen LogP contribution in [0.5, 0.6) is 5.75 Å². The summed E-state index contributed by atoms with van der Waals surface area (Å²) in [7, 11) is 1.54. The summed E-state index contributed by atoms with van der Waals surface area (Å²) < 4.78 is 5.28. The van der Waals surface area contributed by atoms with Crippen LogP contribution in [0.25, 0.3) is 11.3 Å². The summed E-state index contributed by atoms with van der Waals surface area (Å²) in [6, 6.07) is 13.6. The maximum absolute atomic E-state index is 11.2. The number of para-hydroxylation sites is 2. The molecule has 0 bridgehead atoms. The molecule has 2 N–H and O–H groups in total. The second-order valence-corrected chi connectivity index (χ2v) is 6.20. The molecule has 0 aliphatic heterocycles. The number of nitrogens with zero attached hydrogens (tertiary/aromatic N) is 3. The molecule has 0 radical (unpaired) electrons. The predicted molar refractivity (Wildman–Crippen MR) is 104 cm³/mol. The number of benzene rings is 2. The molecule has 3 rings (SSSR count). The van der Waals surface area contributed by atoms with Crippen LogP contribution in [0.3, 0.4) is 0 Å². The number of aromatic nitrogens is 1. The Kier molecular flexibility index (Phi) is 5.74. The van der Waals surface area contributed by atoms with E-state index in [1.165, 1.54) is 17.4 Å². The van der Waals surface area contributed by atoms with E-state index in [1.54, 1.807) is 42.8 Å². The minimum atomic E-state index is -0.439. The van der Waals surface area contributed by atoms with Crippen molar-refractivity contribution >= 4 is 27.9 Å². The molecule has 0 fully saturated rings. The topological polar surface area (TPSA) is 110 Å². The fraction of sp³-hybridized carbons (Fsp3) is 0.111. The van der Waals surface area contributed by atoms with Gasteiger partial charge in [-0.05, 0) is 18.2 Å². The maximum atomic E-state index is 11.2. The summed E-state index contributed by atoms with van der Waals surface area (Å²) in [4.78, 5) is 15.1. The molecule has 1 aromatic heterocycles. The molecule has 0 atom stereocenters. The molecule has 9 heteroatoms. The summed E-state index contributed by atoms with van der Waals surface area (Å²) >= 11 is 1.26. The Hall–Kier alpha value is -3.30. The zero-order valence-electron chi connectivity index (χ0n) is 14.3. The van der Waals surface area contributed by atoms with Gasteiger partial charge < -0.3 is 9.84 Å². The zero-order chi connectivity index (χ0) is 19.2. The average molecular weight is 384 g/mol. The molecule has 138 valence electrons. The van der Waals surface area contributed by atoms with Crippen LogP contribution in [0.2, 0.25) is 0 Å². The van der Waals surface area contributed by atoms with Crippen LogP contribution < -0.4 is 10.2 Å². The van der Waals surface area contributed by atoms with E-state index in [0.717, 1.165) is 0 Å². The number of aliphatic hydroxyl groups excluding tert-OH is 1. The van der Waals surface area contributed by atoms with Crippen molar-refractivity contribution in [1.29, 1.82) is 0 Å². The largest absolute Gasteiger partial charge is 0.496 e. The van der Waals surface area contributed by atoms with Crippen LogP contribution in [0.15, 0.2) is 59.0 Å². The minimum absolute atomic E-state index is 0.0112. The summed E-state index contributed by atoms with van der Waals surface area (Å²) in [5, 5.41) is 27.2. The molecule has 27 heavy (non-hydrogen) atoms. The Morgan fingerprint density at radius 1 is 1.30 bits per heavy atom. The standard InChI is InChI=1S/C18H16N4O4S/c1-26-17-9-5-3-7-13(17)14(10-23)20-21-18-19-15(11-27-18)12-6-2-4-8-16(12)22(24)25/h2-9,11,23H,10H2,1H3,(H,19,21)/b20-14+. The van der Waals surface area contributed by atoms with Crippen molar-refractivity contribution in [3.63, 3.8) is 0 Å². The van der Waals surface area contributed by atoms with E-state index in [0.29, 0.717) is 33.4 Å². The van der Waals surface area contributed by atoms with Gasteiger partial charge >= 0.3 is 0 Å². The lowest BCUT2D eigenvalue weighted by molar-refractivity contribution is -0.384. The van der Waals surface area contributed by atoms with Crippen LogP contribution in [0, 0.1) is 10.1 Å². The fourth-order valence-electron chi connectivity index (χ4n) is 2.48. The van der Waals surface area contributed by atoms with Crippen molar-refractivity contribution in [1.82, 2.24) is 4.98 Å². The van der Waals surface area contributed by atoms with Gasteiger partial charge in [0.25, 0.3) is 5.69 Å². The van der Waals surface area contributed by atoms with E-state index in [1.807, 2.05) is 12.1 Å². The zero-order valence-corrected chi connectivity index (χ0v) is 15.1. The third-order valence-electron chi connectivity index (χ3n) is 3.74. The monoisotopic (exact) mass is 384 g/mol. The molecular weight excluding hydrogens is 368 g/mol. The number of nitro benzene ring substituents is 1. The van der Waals surface area contributed by atoms with Crippen molar-refractivity contribution in [2.24, 2.45) is 5.10 Å². The molecule has 0 saturated carbocycles. The SMILES string of the molecule is COc1ccccc1/C(CO)=N/Nc1nc(-c2ccccc2[N+](=O)[O-])cs1. The molecule has 0 aliphatic rings. The number of thiazole rings is 1. The molecule has 0 saturated heterocycles. The number of aliphatic hydroxyl groups is 1. The highest BCUT2D eigenvalue weighted by molar-refractivity contribution is 7.14. The van der Waals surface area contributed by atoms with Gasteiger partial charge in [0.2, 0.25) is 5.13 Å². The number of nitrogens with one attached hydrogen (secondary N) is 1. The van der Waals surface area contributed by atoms with Crippen molar-refractivity contribution in [3.8, 4) is 17.0 Å². The maximum Gasteiger partial charge on any atom is 0.278 e. The molecule has 1 heterocycles. The molecule has 0 unspecified atom stereocenters. The van der Waals surface area contributed by atoms with Crippen LogP contribution in [0.1, 0.15) is 5.56 Å². The minimum Gasteiger partial charge on any atom is -0.496 e. The van der Waals surface area contributed by atoms with Gasteiger partial charge in [-0.1, -0.05) is 24.3 Å². The third kappa shape index (κ3) is 4.10. The number of rotatable bonds is 7. The lowest BCUT2D eigenvalue weighted by Crippen LogP contribution is -2.10. The Balaban J connectivity index is 1.85. The Morgan fingerprint density at radius 2 is 2.04 bits per heavy atom. The average Bonchev–Trinajstić information content (AvgIpc) is 3.17. The number of hydrogen-bond donors (Lipinski definition) is 2. The molecule has 0 spiro atoms. The first-order valence-corrected chi connectivity index (χ1v) is 8.78. The first-order chi connectivity index (χ1) is 13.1. The van der Waals surface area contributed by atoms with Gasteiger partial charge in [0.05, 0.1) is 35.6 Å². The fourth-order valence-corrected chi connectivity index (χ4v) is 3.13. The number of hydrogen-bond acceptors (Lipinski definition) is 8. The van der Waals surface area contributed by atoms with Crippen molar-refractivity contribution < 1.29 is 14.8 Å². The number of ether oxygens (including phenoxy) is 1. The summed E-state index contributed by atoms with van der Waals surface area (Å²) in [6.07, 6.45) is 0. The molecule has 3 aromatic rings. The Morgan fingerprint density at radius 3 is 2.78 bits per heavy atom. The first kappa shape index (κ1) is 18.5. The van der Waals surface area contributed by atoms with Crippen molar-refractivity contribution in [2.45, 2.75) is 0 Å². The van der Waals surface area contributed by atoms with E-state index in [-0.39, 0.29) is 12.3 Å². The van der Waals surface area contributed by atoms with Gasteiger partial charge in [0.1, 0.15) is 5.75 Å². The summed E-state index contributed by atoms with van der Waals surface area (Å²) in [6.45, 7) is -0.296.